The number of carbonyl (C=O) groups excluding carboxylic acids is 1. The summed E-state index contributed by atoms with van der Waals surface area (Å²) in [4.78, 5) is 12.0. The highest BCUT2D eigenvalue weighted by Gasteiger charge is 2.44. The van der Waals surface area contributed by atoms with Crippen LogP contribution in [0.15, 0.2) is 24.3 Å². The molecule has 1 aromatic rings. The number of ether oxygens (including phenoxy) is 2. The topological polar surface area (TPSA) is 64.8 Å². The molecule has 0 radical (unpaired) electrons. The highest BCUT2D eigenvalue weighted by molar-refractivity contribution is 5.85. The number of primary amides is 1. The zero-order chi connectivity index (χ0) is 19.5. The Balaban J connectivity index is 0.00000364. The minimum absolute atomic E-state index is 0. The first-order chi connectivity index (χ1) is 12.0. The Morgan fingerprint density at radius 3 is 2.52 bits per heavy atom. The van der Waals surface area contributed by atoms with Gasteiger partial charge in [0.05, 0.1) is 18.3 Å². The number of carbonyl (C=O) groups is 1. The molecule has 5 nitrogen and oxygen atoms in total. The monoisotopic (exact) mass is 422 g/mol. The van der Waals surface area contributed by atoms with Crippen LogP contribution in [0.25, 0.3) is 0 Å². The predicted octanol–water partition coefficient (Wildman–Crippen LogP) is 3.53. The van der Waals surface area contributed by atoms with Crippen molar-refractivity contribution in [3.63, 3.8) is 0 Å². The number of hydrogen-bond donors (Lipinski definition) is 1. The first-order valence-corrected chi connectivity index (χ1v) is 7.50. The Labute approximate surface area is 156 Å². The molecule has 1 aliphatic heterocycles. The van der Waals surface area contributed by atoms with Crippen LogP contribution in [-0.4, -0.2) is 49.5 Å². The molecule has 1 saturated heterocycles. The van der Waals surface area contributed by atoms with Gasteiger partial charge in [-0.3, -0.25) is 4.90 Å². The number of nitrogens with zero attached hydrogens (tertiary/aromatic N) is 1. The molecule has 1 fully saturated rings. The molecule has 1 aromatic carbocycles. The van der Waals surface area contributed by atoms with Crippen LogP contribution in [0.3, 0.4) is 0 Å². The van der Waals surface area contributed by atoms with E-state index in [9.17, 15) is 31.1 Å². The van der Waals surface area contributed by atoms with E-state index in [1.807, 2.05) is 0 Å². The largest absolute Gasteiger partial charge is 0.435 e. The summed E-state index contributed by atoms with van der Waals surface area (Å²) in [6.07, 6.45) is -14.2. The third-order valence-electron chi connectivity index (χ3n) is 3.78. The summed E-state index contributed by atoms with van der Waals surface area (Å²) in [6, 6.07) is 4.40. The van der Waals surface area contributed by atoms with Gasteiger partial charge in [-0.25, -0.2) is 4.79 Å². The molecule has 154 valence electrons. The van der Waals surface area contributed by atoms with Crippen molar-refractivity contribution in [1.29, 1.82) is 0 Å². The van der Waals surface area contributed by atoms with Crippen LogP contribution in [0.5, 0.6) is 0 Å². The van der Waals surface area contributed by atoms with Crippen molar-refractivity contribution >= 4 is 18.5 Å². The van der Waals surface area contributed by atoms with Gasteiger partial charge in [-0.15, -0.1) is 12.4 Å². The van der Waals surface area contributed by atoms with E-state index in [-0.39, 0.29) is 37.7 Å². The van der Waals surface area contributed by atoms with Crippen molar-refractivity contribution in [3.8, 4) is 0 Å². The number of amides is 1. The van der Waals surface area contributed by atoms with Gasteiger partial charge >= 0.3 is 18.4 Å². The van der Waals surface area contributed by atoms with Crippen LogP contribution in [0.4, 0.5) is 31.1 Å². The van der Waals surface area contributed by atoms with E-state index in [4.69, 9.17) is 4.74 Å². The van der Waals surface area contributed by atoms with E-state index in [0.717, 1.165) is 12.1 Å². The molecular weight excluding hydrogens is 406 g/mol. The maximum absolute atomic E-state index is 12.9. The Morgan fingerprint density at radius 1 is 1.30 bits per heavy atom. The van der Waals surface area contributed by atoms with Gasteiger partial charge in [-0.05, 0) is 17.7 Å². The zero-order valence-electron chi connectivity index (χ0n) is 13.7. The Hall–Kier alpha value is -1.72. The maximum atomic E-state index is 12.9. The van der Waals surface area contributed by atoms with Crippen LogP contribution in [-0.2, 0) is 15.7 Å². The number of halogens is 7. The van der Waals surface area contributed by atoms with Crippen molar-refractivity contribution in [2.75, 3.05) is 26.2 Å². The first kappa shape index (κ1) is 23.3. The fraction of sp³-hybridized carbons (Fsp3) is 0.533. The summed E-state index contributed by atoms with van der Waals surface area (Å²) in [5.41, 5.74) is 3.98. The minimum atomic E-state index is -4.82. The normalized spacial score (nSPS) is 19.9. The SMILES string of the molecule is Cl.NC(=O)O[C@@H](CN1CCO[C@H](c2cccc(C(F)(F)F)c2)C1)C(F)(F)F. The minimum Gasteiger partial charge on any atom is -0.435 e. The molecule has 0 unspecified atom stereocenters. The zero-order valence-corrected chi connectivity index (χ0v) is 14.5. The van der Waals surface area contributed by atoms with Gasteiger partial charge in [0.2, 0.25) is 6.10 Å². The van der Waals surface area contributed by atoms with E-state index >= 15 is 0 Å². The second-order valence-electron chi connectivity index (χ2n) is 5.71. The summed E-state index contributed by atoms with van der Waals surface area (Å²) in [5, 5.41) is 0. The van der Waals surface area contributed by atoms with Gasteiger partial charge in [0.25, 0.3) is 0 Å². The molecule has 0 aliphatic carbocycles. The molecule has 1 amide bonds. The molecule has 27 heavy (non-hydrogen) atoms. The maximum Gasteiger partial charge on any atom is 0.426 e. The number of morpholine rings is 1. The van der Waals surface area contributed by atoms with Crippen LogP contribution < -0.4 is 5.73 Å². The Morgan fingerprint density at radius 2 is 1.96 bits per heavy atom. The standard InChI is InChI=1S/C15H16F6N2O3.ClH/c16-14(17,18)10-3-1-2-9(6-10)11-7-23(4-5-25-11)8-12(15(19,20)21)26-13(22)24;/h1-3,6,11-12H,4-5,7-8H2,(H2,22,24);1H/t11-,12-;/m0./s1. The van der Waals surface area contributed by atoms with Gasteiger partial charge < -0.3 is 15.2 Å². The highest BCUT2D eigenvalue weighted by Crippen LogP contribution is 2.32. The van der Waals surface area contributed by atoms with Crippen LogP contribution >= 0.6 is 12.4 Å². The number of rotatable bonds is 4. The van der Waals surface area contributed by atoms with Crippen LogP contribution in [0, 0.1) is 0 Å². The second kappa shape index (κ2) is 8.98. The molecule has 1 aliphatic rings. The summed E-state index contributed by atoms with van der Waals surface area (Å²) in [7, 11) is 0. The number of hydrogen-bond acceptors (Lipinski definition) is 4. The van der Waals surface area contributed by atoms with Crippen molar-refractivity contribution in [3.05, 3.63) is 35.4 Å². The quantitative estimate of drug-likeness (QED) is 0.754. The smallest absolute Gasteiger partial charge is 0.426 e. The lowest BCUT2D eigenvalue weighted by molar-refractivity contribution is -0.210. The van der Waals surface area contributed by atoms with Gasteiger partial charge in [-0.1, -0.05) is 12.1 Å². The van der Waals surface area contributed by atoms with E-state index in [0.29, 0.717) is 0 Å². The summed E-state index contributed by atoms with van der Waals surface area (Å²) >= 11 is 0. The molecular formula is C15H17ClF6N2O3. The number of alkyl halides is 6. The summed E-state index contributed by atoms with van der Waals surface area (Å²) in [5.74, 6) is 0. The van der Waals surface area contributed by atoms with E-state index in [1.165, 1.54) is 17.0 Å². The van der Waals surface area contributed by atoms with Crippen molar-refractivity contribution in [2.24, 2.45) is 5.73 Å². The van der Waals surface area contributed by atoms with Gasteiger partial charge in [-0.2, -0.15) is 26.3 Å². The Bertz CT molecular complexity index is 641. The third-order valence-corrected chi connectivity index (χ3v) is 3.78. The van der Waals surface area contributed by atoms with E-state index < -0.39 is 42.8 Å². The lowest BCUT2D eigenvalue weighted by Gasteiger charge is -2.35. The van der Waals surface area contributed by atoms with Crippen molar-refractivity contribution in [2.45, 2.75) is 24.6 Å². The third kappa shape index (κ3) is 6.74. The molecule has 0 spiro atoms. The number of benzene rings is 1. The molecule has 0 bridgehead atoms. The Kier molecular flexibility index (Phi) is 7.76. The van der Waals surface area contributed by atoms with Crippen molar-refractivity contribution in [1.82, 2.24) is 4.90 Å². The summed E-state index contributed by atoms with van der Waals surface area (Å²) in [6.45, 7) is -0.659. The van der Waals surface area contributed by atoms with Gasteiger partial charge in [0.1, 0.15) is 0 Å². The fourth-order valence-electron chi connectivity index (χ4n) is 2.57. The van der Waals surface area contributed by atoms with Crippen LogP contribution in [0.1, 0.15) is 17.2 Å². The molecule has 12 heteroatoms. The first-order valence-electron chi connectivity index (χ1n) is 7.50. The molecule has 0 saturated carbocycles. The molecule has 0 aromatic heterocycles. The van der Waals surface area contributed by atoms with Crippen LogP contribution in [0.2, 0.25) is 0 Å². The van der Waals surface area contributed by atoms with E-state index in [1.54, 1.807) is 0 Å². The molecule has 2 atom stereocenters. The van der Waals surface area contributed by atoms with E-state index in [2.05, 4.69) is 10.5 Å². The number of nitrogens with two attached hydrogens (primary N) is 1. The molecule has 1 heterocycles. The molecule has 2 N–H and O–H groups in total. The average Bonchev–Trinajstić information content (AvgIpc) is 2.53. The summed E-state index contributed by atoms with van der Waals surface area (Å²) < 4.78 is 86.7. The lowest BCUT2D eigenvalue weighted by Crippen LogP contribution is -2.48. The van der Waals surface area contributed by atoms with Gasteiger partial charge in [0, 0.05) is 19.6 Å². The average molecular weight is 423 g/mol. The van der Waals surface area contributed by atoms with Gasteiger partial charge in [0.15, 0.2) is 0 Å². The fourth-order valence-corrected chi connectivity index (χ4v) is 2.57. The second-order valence-corrected chi connectivity index (χ2v) is 5.71. The predicted molar refractivity (Wildman–Crippen MR) is 84.3 cm³/mol. The highest BCUT2D eigenvalue weighted by atomic mass is 35.5. The molecule has 2 rings (SSSR count). The lowest BCUT2D eigenvalue weighted by atomic mass is 10.0. The van der Waals surface area contributed by atoms with Crippen molar-refractivity contribution < 1.29 is 40.6 Å².